The van der Waals surface area contributed by atoms with Crippen LogP contribution in [0.1, 0.15) is 0 Å². The van der Waals surface area contributed by atoms with Gasteiger partial charge in [0.25, 0.3) is 0 Å². The minimum atomic E-state index is -0.448. The van der Waals surface area contributed by atoms with Crippen molar-refractivity contribution in [2.24, 2.45) is 0 Å². The molecule has 3 aromatic rings. The number of nitrogens with zero attached hydrogens (tertiary/aromatic N) is 1. The lowest BCUT2D eigenvalue weighted by molar-refractivity contribution is 0.209. The Morgan fingerprint density at radius 2 is 1.77 bits per heavy atom. The molecule has 0 radical (unpaired) electrons. The number of carbonyl (C=O) groups excluding carboxylic acids is 1. The van der Waals surface area contributed by atoms with Gasteiger partial charge in [0, 0.05) is 30.5 Å². The molecule has 2 aromatic carbocycles. The number of fused-ring (bicyclic) bond motifs is 1. The van der Waals surface area contributed by atoms with Gasteiger partial charge in [-0.2, -0.15) is 0 Å². The predicted molar refractivity (Wildman–Crippen MR) is 85.7 cm³/mol. The number of hydrogen-bond donors (Lipinski definition) is 1. The summed E-state index contributed by atoms with van der Waals surface area (Å²) in [6.07, 6.45) is 1.40. The normalized spacial score (nSPS) is 10.5. The second-order valence-electron chi connectivity index (χ2n) is 4.85. The molecule has 0 aliphatic heterocycles. The van der Waals surface area contributed by atoms with Crippen LogP contribution in [0.3, 0.4) is 0 Å². The van der Waals surface area contributed by atoms with Crippen LogP contribution in [0.2, 0.25) is 0 Å². The number of carbonyl (C=O) groups is 1. The first-order valence-corrected chi connectivity index (χ1v) is 6.84. The zero-order valence-electron chi connectivity index (χ0n) is 12.4. The topological polar surface area (TPSA) is 54.6 Å². The Labute approximate surface area is 128 Å². The summed E-state index contributed by atoms with van der Waals surface area (Å²) < 4.78 is 10.5. The molecule has 1 heterocycles. The van der Waals surface area contributed by atoms with Crippen LogP contribution in [-0.4, -0.2) is 25.2 Å². The van der Waals surface area contributed by atoms with Gasteiger partial charge < -0.3 is 14.5 Å². The molecule has 1 amide bonds. The van der Waals surface area contributed by atoms with Gasteiger partial charge in [-0.1, -0.05) is 0 Å². The summed E-state index contributed by atoms with van der Waals surface area (Å²) in [6.45, 7) is 0. The molecule has 1 aromatic heterocycles. The van der Waals surface area contributed by atoms with E-state index in [1.165, 1.54) is 4.90 Å². The largest absolute Gasteiger partial charge is 0.497 e. The number of nitrogens with one attached hydrogen (secondary N) is 1. The van der Waals surface area contributed by atoms with E-state index in [2.05, 4.69) is 4.98 Å². The van der Waals surface area contributed by atoms with Crippen LogP contribution in [-0.2, 0) is 0 Å². The Kier molecular flexibility index (Phi) is 3.70. The fraction of sp³-hybridized carbons (Fsp3) is 0.118. The van der Waals surface area contributed by atoms with Crippen molar-refractivity contribution in [3.63, 3.8) is 0 Å². The molecule has 0 saturated carbocycles. The minimum absolute atomic E-state index is 0.448. The highest BCUT2D eigenvalue weighted by molar-refractivity contribution is 5.89. The average Bonchev–Trinajstić information content (AvgIpc) is 3.02. The molecule has 112 valence electrons. The number of amides is 1. The average molecular weight is 296 g/mol. The summed E-state index contributed by atoms with van der Waals surface area (Å²) in [6, 6.07) is 14.6. The molecule has 5 heteroatoms. The van der Waals surface area contributed by atoms with Crippen molar-refractivity contribution in [2.75, 3.05) is 19.1 Å². The lowest BCUT2D eigenvalue weighted by Gasteiger charge is -2.17. The number of hydrogen-bond acceptors (Lipinski definition) is 3. The standard InChI is InChI=1S/C17H16N2O3/c1-19(13-4-7-14(21-2)8-5-13)17(20)22-15-6-3-12-9-10-18-16(12)11-15/h3-11,18H,1-2H3. The molecule has 5 nitrogen and oxygen atoms in total. The number of aromatic amines is 1. The lowest BCUT2D eigenvalue weighted by Crippen LogP contribution is -2.29. The van der Waals surface area contributed by atoms with Crippen molar-refractivity contribution in [1.82, 2.24) is 4.98 Å². The van der Waals surface area contributed by atoms with Gasteiger partial charge in [-0.15, -0.1) is 0 Å². The molecular formula is C17H16N2O3. The zero-order chi connectivity index (χ0) is 15.5. The second-order valence-corrected chi connectivity index (χ2v) is 4.85. The molecule has 0 unspecified atom stereocenters. The molecule has 22 heavy (non-hydrogen) atoms. The third kappa shape index (κ3) is 2.74. The van der Waals surface area contributed by atoms with E-state index in [9.17, 15) is 4.79 Å². The predicted octanol–water partition coefficient (Wildman–Crippen LogP) is 3.81. The molecule has 0 spiro atoms. The highest BCUT2D eigenvalue weighted by Crippen LogP contribution is 2.22. The van der Waals surface area contributed by atoms with E-state index in [4.69, 9.17) is 9.47 Å². The van der Waals surface area contributed by atoms with Gasteiger partial charge in [0.1, 0.15) is 11.5 Å². The number of benzene rings is 2. The maximum atomic E-state index is 12.2. The molecule has 1 N–H and O–H groups in total. The van der Waals surface area contributed by atoms with Crippen molar-refractivity contribution in [1.29, 1.82) is 0 Å². The Morgan fingerprint density at radius 3 is 2.50 bits per heavy atom. The summed E-state index contributed by atoms with van der Waals surface area (Å²) in [5.74, 6) is 1.24. The second kappa shape index (κ2) is 5.81. The summed E-state index contributed by atoms with van der Waals surface area (Å²) in [4.78, 5) is 16.7. The molecule has 0 aliphatic rings. The van der Waals surface area contributed by atoms with Gasteiger partial charge in [-0.05, 0) is 47.9 Å². The fourth-order valence-electron chi connectivity index (χ4n) is 2.17. The first-order chi connectivity index (χ1) is 10.7. The molecular weight excluding hydrogens is 280 g/mol. The Morgan fingerprint density at radius 1 is 1.05 bits per heavy atom. The van der Waals surface area contributed by atoms with E-state index < -0.39 is 6.09 Å². The summed E-state index contributed by atoms with van der Waals surface area (Å²) in [5, 5.41) is 1.07. The van der Waals surface area contributed by atoms with E-state index in [0.717, 1.165) is 22.3 Å². The third-order valence-electron chi connectivity index (χ3n) is 3.47. The molecule has 0 saturated heterocycles. The van der Waals surface area contributed by atoms with Crippen molar-refractivity contribution >= 4 is 22.7 Å². The molecule has 3 rings (SSSR count). The summed E-state index contributed by atoms with van der Waals surface area (Å²) >= 11 is 0. The first kappa shape index (κ1) is 14.0. The van der Waals surface area contributed by atoms with E-state index in [-0.39, 0.29) is 0 Å². The smallest absolute Gasteiger partial charge is 0.419 e. The van der Waals surface area contributed by atoms with Crippen LogP contribution < -0.4 is 14.4 Å². The van der Waals surface area contributed by atoms with Gasteiger partial charge >= 0.3 is 6.09 Å². The van der Waals surface area contributed by atoms with Gasteiger partial charge in [0.2, 0.25) is 0 Å². The minimum Gasteiger partial charge on any atom is -0.497 e. The Bertz CT molecular complexity index is 793. The molecule has 0 aliphatic carbocycles. The van der Waals surface area contributed by atoms with Gasteiger partial charge in [0.15, 0.2) is 0 Å². The van der Waals surface area contributed by atoms with Crippen molar-refractivity contribution < 1.29 is 14.3 Å². The Hall–Kier alpha value is -2.95. The van der Waals surface area contributed by atoms with E-state index in [1.54, 1.807) is 50.6 Å². The lowest BCUT2D eigenvalue weighted by atomic mass is 10.2. The number of ether oxygens (including phenoxy) is 2. The zero-order valence-corrected chi connectivity index (χ0v) is 12.4. The number of rotatable bonds is 3. The summed E-state index contributed by atoms with van der Waals surface area (Å²) in [5.41, 5.74) is 1.66. The van der Waals surface area contributed by atoms with E-state index >= 15 is 0 Å². The SMILES string of the molecule is COc1ccc(N(C)C(=O)Oc2ccc3cc[nH]c3c2)cc1. The maximum absolute atomic E-state index is 12.2. The van der Waals surface area contributed by atoms with Crippen molar-refractivity contribution in [2.45, 2.75) is 0 Å². The monoisotopic (exact) mass is 296 g/mol. The van der Waals surface area contributed by atoms with E-state index in [0.29, 0.717) is 5.75 Å². The summed E-state index contributed by atoms with van der Waals surface area (Å²) in [7, 11) is 3.26. The van der Waals surface area contributed by atoms with Crippen LogP contribution >= 0.6 is 0 Å². The number of H-pyrrole nitrogens is 1. The van der Waals surface area contributed by atoms with Crippen LogP contribution in [0.5, 0.6) is 11.5 Å². The van der Waals surface area contributed by atoms with Crippen molar-refractivity contribution in [3.8, 4) is 11.5 Å². The number of methoxy groups -OCH3 is 1. The van der Waals surface area contributed by atoms with Crippen LogP contribution in [0.25, 0.3) is 10.9 Å². The molecule has 0 atom stereocenters. The molecule has 0 bridgehead atoms. The molecule has 0 fully saturated rings. The van der Waals surface area contributed by atoms with E-state index in [1.807, 2.05) is 18.3 Å². The third-order valence-corrected chi connectivity index (χ3v) is 3.47. The highest BCUT2D eigenvalue weighted by atomic mass is 16.6. The fourth-order valence-corrected chi connectivity index (χ4v) is 2.17. The van der Waals surface area contributed by atoms with Crippen LogP contribution in [0.15, 0.2) is 54.7 Å². The van der Waals surface area contributed by atoms with Crippen LogP contribution in [0.4, 0.5) is 10.5 Å². The van der Waals surface area contributed by atoms with Crippen LogP contribution in [0, 0.1) is 0 Å². The maximum Gasteiger partial charge on any atom is 0.419 e. The number of aromatic nitrogens is 1. The van der Waals surface area contributed by atoms with Gasteiger partial charge in [0.05, 0.1) is 7.11 Å². The highest BCUT2D eigenvalue weighted by Gasteiger charge is 2.13. The first-order valence-electron chi connectivity index (χ1n) is 6.84. The Balaban J connectivity index is 1.74. The van der Waals surface area contributed by atoms with Crippen molar-refractivity contribution in [3.05, 3.63) is 54.7 Å². The van der Waals surface area contributed by atoms with Gasteiger partial charge in [-0.3, -0.25) is 4.90 Å². The quantitative estimate of drug-likeness (QED) is 0.799. The van der Waals surface area contributed by atoms with Gasteiger partial charge in [-0.25, -0.2) is 4.79 Å². The number of anilines is 1.